The van der Waals surface area contributed by atoms with Crippen molar-refractivity contribution in [2.45, 2.75) is 6.18 Å². The van der Waals surface area contributed by atoms with E-state index >= 15 is 0 Å². The summed E-state index contributed by atoms with van der Waals surface area (Å²) < 4.78 is 40.7. The Bertz CT molecular complexity index is 1220. The van der Waals surface area contributed by atoms with E-state index in [1.807, 2.05) is 0 Å². The number of carbonyl (C=O) groups excluding carboxylic acids is 1. The van der Waals surface area contributed by atoms with Crippen LogP contribution < -0.4 is 4.90 Å². The fourth-order valence-corrected chi connectivity index (χ4v) is 3.13. The predicted molar refractivity (Wildman–Crippen MR) is 108 cm³/mol. The summed E-state index contributed by atoms with van der Waals surface area (Å²) in [5.74, 6) is -0.368. The van der Waals surface area contributed by atoms with E-state index in [0.29, 0.717) is 27.2 Å². The fraction of sp³-hybridized carbons (Fsp3) is 0.100. The molecule has 0 aliphatic carbocycles. The molecular formula is C20H13BrF3N5O. The van der Waals surface area contributed by atoms with Gasteiger partial charge < -0.3 is 4.90 Å². The summed E-state index contributed by atoms with van der Waals surface area (Å²) in [7, 11) is 1.60. The van der Waals surface area contributed by atoms with Crippen molar-refractivity contribution in [3.8, 4) is 11.3 Å². The van der Waals surface area contributed by atoms with Gasteiger partial charge in [-0.1, -0.05) is 12.1 Å². The molecule has 0 spiro atoms. The number of pyridine rings is 1. The minimum absolute atomic E-state index is 0.152. The lowest BCUT2D eigenvalue weighted by Gasteiger charge is -2.16. The Hall–Kier alpha value is -3.27. The number of alkyl halides is 3. The van der Waals surface area contributed by atoms with Crippen molar-refractivity contribution in [1.29, 1.82) is 0 Å². The van der Waals surface area contributed by atoms with E-state index in [1.54, 1.807) is 29.8 Å². The van der Waals surface area contributed by atoms with Crippen LogP contribution in [0.2, 0.25) is 0 Å². The van der Waals surface area contributed by atoms with Crippen LogP contribution in [0, 0.1) is 0 Å². The van der Waals surface area contributed by atoms with Gasteiger partial charge in [-0.15, -0.1) is 0 Å². The first-order valence-corrected chi connectivity index (χ1v) is 9.44. The molecule has 10 heteroatoms. The number of fused-ring (bicyclic) bond motifs is 1. The number of rotatable bonds is 3. The van der Waals surface area contributed by atoms with Crippen LogP contribution in [-0.4, -0.2) is 32.3 Å². The van der Waals surface area contributed by atoms with Gasteiger partial charge in [-0.3, -0.25) is 9.20 Å². The third-order valence-electron chi connectivity index (χ3n) is 4.53. The number of aromatic nitrogens is 4. The lowest BCUT2D eigenvalue weighted by atomic mass is 10.1. The average molecular weight is 476 g/mol. The third-order valence-corrected chi connectivity index (χ3v) is 5.00. The Morgan fingerprint density at radius 1 is 1.00 bits per heavy atom. The molecule has 4 aromatic rings. The summed E-state index contributed by atoms with van der Waals surface area (Å²) in [5.41, 5.74) is 1.54. The highest BCUT2D eigenvalue weighted by Crippen LogP contribution is 2.31. The van der Waals surface area contributed by atoms with Crippen LogP contribution in [0.5, 0.6) is 0 Å². The van der Waals surface area contributed by atoms with E-state index in [0.717, 1.165) is 12.1 Å². The minimum Gasteiger partial charge on any atom is -0.309 e. The van der Waals surface area contributed by atoms with Gasteiger partial charge in [0.25, 0.3) is 5.91 Å². The Kier molecular flexibility index (Phi) is 5.02. The highest BCUT2D eigenvalue weighted by molar-refractivity contribution is 9.10. The molecular weight excluding hydrogens is 463 g/mol. The third kappa shape index (κ3) is 3.78. The Labute approximate surface area is 177 Å². The van der Waals surface area contributed by atoms with Crippen molar-refractivity contribution in [3.05, 3.63) is 77.0 Å². The summed E-state index contributed by atoms with van der Waals surface area (Å²) in [6, 6.07) is 8.21. The molecule has 0 N–H and O–H groups in total. The summed E-state index contributed by atoms with van der Waals surface area (Å²) in [6.07, 6.45) is 1.62. The van der Waals surface area contributed by atoms with Crippen molar-refractivity contribution in [2.24, 2.45) is 0 Å². The molecule has 3 heterocycles. The number of halogens is 4. The molecule has 1 aromatic carbocycles. The first kappa shape index (κ1) is 20.0. The predicted octanol–water partition coefficient (Wildman–Crippen LogP) is 4.85. The Morgan fingerprint density at radius 2 is 1.73 bits per heavy atom. The zero-order valence-electron chi connectivity index (χ0n) is 15.4. The monoisotopic (exact) mass is 475 g/mol. The molecule has 0 bridgehead atoms. The number of nitrogens with zero attached hydrogens (tertiary/aromatic N) is 5. The van der Waals surface area contributed by atoms with Gasteiger partial charge in [-0.2, -0.15) is 13.2 Å². The molecule has 3 aromatic heterocycles. The number of benzene rings is 1. The number of carbonyl (C=O) groups is 1. The highest BCUT2D eigenvalue weighted by atomic mass is 79.9. The van der Waals surface area contributed by atoms with Crippen LogP contribution in [0.4, 0.5) is 18.9 Å². The quantitative estimate of drug-likeness (QED) is 0.397. The lowest BCUT2D eigenvalue weighted by molar-refractivity contribution is -0.137. The van der Waals surface area contributed by atoms with Crippen LogP contribution in [0.1, 0.15) is 16.1 Å². The number of amides is 1. The van der Waals surface area contributed by atoms with Crippen LogP contribution >= 0.6 is 15.9 Å². The summed E-state index contributed by atoms with van der Waals surface area (Å²) >= 11 is 3.25. The molecule has 1 amide bonds. The summed E-state index contributed by atoms with van der Waals surface area (Å²) in [6.45, 7) is 0. The maximum absolute atomic E-state index is 12.9. The van der Waals surface area contributed by atoms with Gasteiger partial charge >= 0.3 is 6.18 Å². The molecule has 0 aliphatic heterocycles. The maximum atomic E-state index is 12.9. The Balaban J connectivity index is 1.69. The number of hydrogen-bond donors (Lipinski definition) is 0. The first-order chi connectivity index (χ1) is 14.2. The first-order valence-electron chi connectivity index (χ1n) is 8.64. The lowest BCUT2D eigenvalue weighted by Crippen LogP contribution is -2.27. The van der Waals surface area contributed by atoms with Gasteiger partial charge in [0.15, 0.2) is 5.65 Å². The van der Waals surface area contributed by atoms with Gasteiger partial charge in [0.05, 0.1) is 35.5 Å². The van der Waals surface area contributed by atoms with Crippen molar-refractivity contribution in [2.75, 3.05) is 11.9 Å². The van der Waals surface area contributed by atoms with Crippen molar-refractivity contribution in [3.63, 3.8) is 0 Å². The van der Waals surface area contributed by atoms with Crippen LogP contribution in [-0.2, 0) is 6.18 Å². The summed E-state index contributed by atoms with van der Waals surface area (Å²) in [4.78, 5) is 26.8. The van der Waals surface area contributed by atoms with Crippen LogP contribution in [0.15, 0.2) is 65.8 Å². The van der Waals surface area contributed by atoms with E-state index in [4.69, 9.17) is 0 Å². The smallest absolute Gasteiger partial charge is 0.309 e. The maximum Gasteiger partial charge on any atom is 0.416 e. The van der Waals surface area contributed by atoms with E-state index < -0.39 is 11.7 Å². The number of anilines is 1. The molecule has 152 valence electrons. The second kappa shape index (κ2) is 7.52. The zero-order valence-corrected chi connectivity index (χ0v) is 17.0. The van der Waals surface area contributed by atoms with Crippen molar-refractivity contribution in [1.82, 2.24) is 19.4 Å². The highest BCUT2D eigenvalue weighted by Gasteiger charge is 2.30. The molecule has 0 saturated heterocycles. The van der Waals surface area contributed by atoms with Gasteiger partial charge in [-0.05, 0) is 40.2 Å². The molecule has 0 fully saturated rings. The average Bonchev–Trinajstić information content (AvgIpc) is 3.16. The van der Waals surface area contributed by atoms with E-state index in [1.165, 1.54) is 35.6 Å². The molecule has 0 unspecified atom stereocenters. The second-order valence-corrected chi connectivity index (χ2v) is 7.24. The fourth-order valence-electron chi connectivity index (χ4n) is 2.90. The zero-order chi connectivity index (χ0) is 21.5. The number of hydrogen-bond acceptors (Lipinski definition) is 4. The number of imidazole rings is 1. The van der Waals surface area contributed by atoms with Crippen molar-refractivity contribution < 1.29 is 18.0 Å². The molecule has 0 saturated carbocycles. The summed E-state index contributed by atoms with van der Waals surface area (Å²) in [5, 5.41) is 0. The normalized spacial score (nSPS) is 11.6. The van der Waals surface area contributed by atoms with E-state index in [-0.39, 0.29) is 11.6 Å². The molecule has 0 radical (unpaired) electrons. The second-order valence-electron chi connectivity index (χ2n) is 6.42. The molecule has 6 nitrogen and oxygen atoms in total. The molecule has 4 rings (SSSR count). The minimum atomic E-state index is -4.41. The molecule has 0 aliphatic rings. The van der Waals surface area contributed by atoms with Gasteiger partial charge in [-0.25, -0.2) is 15.0 Å². The standard InChI is InChI=1S/C20H13BrF3N5O/c1-28(14-6-7-17(21)26-8-14)19(30)15-11-29-16(9-27-18(29)10-25-15)12-2-4-13(5-3-12)20(22,23)24/h2-11H,1H3. The SMILES string of the molecule is CN(C(=O)c1cn2c(-c3ccc(C(F)(F)F)cc3)cnc2cn1)c1ccc(Br)nc1. The Morgan fingerprint density at radius 3 is 2.37 bits per heavy atom. The van der Waals surface area contributed by atoms with Gasteiger partial charge in [0.1, 0.15) is 10.3 Å². The van der Waals surface area contributed by atoms with Crippen LogP contribution in [0.3, 0.4) is 0 Å². The van der Waals surface area contributed by atoms with Gasteiger partial charge in [0, 0.05) is 18.8 Å². The van der Waals surface area contributed by atoms with Crippen LogP contribution in [0.25, 0.3) is 16.9 Å². The van der Waals surface area contributed by atoms with Crippen molar-refractivity contribution >= 4 is 33.2 Å². The van der Waals surface area contributed by atoms with Gasteiger partial charge in [0.2, 0.25) is 0 Å². The molecule has 30 heavy (non-hydrogen) atoms. The van der Waals surface area contributed by atoms with E-state index in [2.05, 4.69) is 30.9 Å². The largest absolute Gasteiger partial charge is 0.416 e. The topological polar surface area (TPSA) is 63.4 Å². The molecule has 0 atom stereocenters. The van der Waals surface area contributed by atoms with E-state index in [9.17, 15) is 18.0 Å².